The van der Waals surface area contributed by atoms with Crippen molar-refractivity contribution in [2.75, 3.05) is 13.1 Å². The van der Waals surface area contributed by atoms with Gasteiger partial charge in [-0.05, 0) is 45.1 Å². The van der Waals surface area contributed by atoms with E-state index in [-0.39, 0.29) is 5.92 Å². The van der Waals surface area contributed by atoms with Crippen LogP contribution in [0.2, 0.25) is 0 Å². The van der Waals surface area contributed by atoms with Crippen molar-refractivity contribution in [3.8, 4) is 0 Å². The van der Waals surface area contributed by atoms with Crippen LogP contribution in [0.5, 0.6) is 0 Å². The largest absolute Gasteiger partial charge is 0.339 e. The fourth-order valence-corrected chi connectivity index (χ4v) is 2.62. The molecule has 3 nitrogen and oxygen atoms in total. The van der Waals surface area contributed by atoms with Crippen LogP contribution in [-0.2, 0) is 4.79 Å². The quantitative estimate of drug-likeness (QED) is 0.687. The molecule has 1 fully saturated rings. The molecule has 0 aromatic rings. The number of carbonyl (C=O) groups excluding carboxylic acids is 1. The van der Waals surface area contributed by atoms with Crippen LogP contribution >= 0.6 is 0 Å². The smallest absolute Gasteiger partial charge is 0.225 e. The van der Waals surface area contributed by atoms with Crippen LogP contribution in [0.15, 0.2) is 0 Å². The van der Waals surface area contributed by atoms with Crippen molar-refractivity contribution in [1.29, 1.82) is 0 Å². The van der Waals surface area contributed by atoms with Gasteiger partial charge in [-0.25, -0.2) is 0 Å². The minimum absolute atomic E-state index is 0.239. The first-order chi connectivity index (χ1) is 8.74. The van der Waals surface area contributed by atoms with Gasteiger partial charge in [0.15, 0.2) is 0 Å². The van der Waals surface area contributed by atoms with E-state index < -0.39 is 0 Å². The lowest BCUT2D eigenvalue weighted by Crippen LogP contribution is -2.47. The number of hydrogen-bond acceptors (Lipinski definition) is 2. The van der Waals surface area contributed by atoms with Crippen molar-refractivity contribution in [2.24, 2.45) is 11.7 Å². The van der Waals surface area contributed by atoms with Crippen LogP contribution in [0.25, 0.3) is 0 Å². The van der Waals surface area contributed by atoms with Gasteiger partial charge in [0.2, 0.25) is 5.91 Å². The predicted octanol–water partition coefficient (Wildman–Crippen LogP) is 2.93. The molecule has 1 aliphatic rings. The zero-order valence-electron chi connectivity index (χ0n) is 12.2. The van der Waals surface area contributed by atoms with Crippen LogP contribution in [-0.4, -0.2) is 29.9 Å². The SMILES string of the molecule is CCCCC(CC)C(=O)N(CCCN)C1CCC1. The number of carbonyl (C=O) groups is 1. The average Bonchev–Trinajstić information content (AvgIpc) is 2.32. The lowest BCUT2D eigenvalue weighted by Gasteiger charge is -2.39. The summed E-state index contributed by atoms with van der Waals surface area (Å²) in [6, 6.07) is 0.514. The van der Waals surface area contributed by atoms with Crippen LogP contribution in [0, 0.1) is 5.92 Å². The molecule has 0 bridgehead atoms. The summed E-state index contributed by atoms with van der Waals surface area (Å²) in [7, 11) is 0. The molecule has 106 valence electrons. The van der Waals surface area contributed by atoms with E-state index in [1.807, 2.05) is 0 Å². The predicted molar refractivity (Wildman–Crippen MR) is 76.3 cm³/mol. The first kappa shape index (κ1) is 15.5. The Hall–Kier alpha value is -0.570. The van der Waals surface area contributed by atoms with Crippen LogP contribution < -0.4 is 5.73 Å². The topological polar surface area (TPSA) is 46.3 Å². The van der Waals surface area contributed by atoms with Gasteiger partial charge in [0.05, 0.1) is 0 Å². The van der Waals surface area contributed by atoms with Crippen molar-refractivity contribution in [3.63, 3.8) is 0 Å². The van der Waals surface area contributed by atoms with E-state index in [0.717, 1.165) is 25.8 Å². The summed E-state index contributed by atoms with van der Waals surface area (Å²) in [4.78, 5) is 14.7. The van der Waals surface area contributed by atoms with Crippen molar-refractivity contribution >= 4 is 5.91 Å². The van der Waals surface area contributed by atoms with Crippen molar-refractivity contribution in [1.82, 2.24) is 4.90 Å². The number of rotatable bonds is 9. The fraction of sp³-hybridized carbons (Fsp3) is 0.933. The maximum absolute atomic E-state index is 12.6. The second-order valence-electron chi connectivity index (χ2n) is 5.51. The number of hydrogen-bond donors (Lipinski definition) is 1. The number of nitrogens with two attached hydrogens (primary N) is 1. The highest BCUT2D eigenvalue weighted by molar-refractivity contribution is 5.79. The minimum Gasteiger partial charge on any atom is -0.339 e. The molecule has 1 atom stereocenters. The molecule has 0 heterocycles. The van der Waals surface area contributed by atoms with E-state index in [1.165, 1.54) is 32.1 Å². The third-order valence-corrected chi connectivity index (χ3v) is 4.15. The second kappa shape index (κ2) is 8.52. The van der Waals surface area contributed by atoms with E-state index in [4.69, 9.17) is 5.73 Å². The molecule has 3 heteroatoms. The van der Waals surface area contributed by atoms with Crippen LogP contribution in [0.3, 0.4) is 0 Å². The summed E-state index contributed by atoms with van der Waals surface area (Å²) in [5.41, 5.74) is 5.59. The summed E-state index contributed by atoms with van der Waals surface area (Å²) < 4.78 is 0. The maximum atomic E-state index is 12.6. The first-order valence-electron chi connectivity index (χ1n) is 7.75. The van der Waals surface area contributed by atoms with Gasteiger partial charge in [-0.15, -0.1) is 0 Å². The van der Waals surface area contributed by atoms with Gasteiger partial charge in [0, 0.05) is 18.5 Å². The molecular formula is C15H30N2O. The van der Waals surface area contributed by atoms with Crippen molar-refractivity contribution < 1.29 is 4.79 Å². The highest BCUT2D eigenvalue weighted by Crippen LogP contribution is 2.28. The molecular weight excluding hydrogens is 224 g/mol. The third-order valence-electron chi connectivity index (χ3n) is 4.15. The third kappa shape index (κ3) is 4.27. The molecule has 0 radical (unpaired) electrons. The second-order valence-corrected chi connectivity index (χ2v) is 5.51. The summed E-state index contributed by atoms with van der Waals surface area (Å²) in [6.45, 7) is 5.88. The lowest BCUT2D eigenvalue weighted by molar-refractivity contribution is -0.140. The Bertz CT molecular complexity index is 239. The van der Waals surface area contributed by atoms with Crippen molar-refractivity contribution in [3.05, 3.63) is 0 Å². The standard InChI is InChI=1S/C15H30N2O/c1-3-5-8-13(4-2)15(18)17(12-7-11-16)14-9-6-10-14/h13-14H,3-12,16H2,1-2H3. The molecule has 1 unspecified atom stereocenters. The van der Waals surface area contributed by atoms with E-state index in [1.54, 1.807) is 0 Å². The monoisotopic (exact) mass is 254 g/mol. The van der Waals surface area contributed by atoms with Crippen molar-refractivity contribution in [2.45, 2.75) is 71.3 Å². The Morgan fingerprint density at radius 1 is 1.33 bits per heavy atom. The van der Waals surface area contributed by atoms with Gasteiger partial charge in [-0.3, -0.25) is 4.79 Å². The normalized spacial score (nSPS) is 17.3. The Kier molecular flexibility index (Phi) is 7.33. The highest BCUT2D eigenvalue weighted by Gasteiger charge is 2.31. The van der Waals surface area contributed by atoms with Gasteiger partial charge in [-0.2, -0.15) is 0 Å². The number of nitrogens with zero attached hydrogens (tertiary/aromatic N) is 1. The van der Waals surface area contributed by atoms with Crippen LogP contribution in [0.4, 0.5) is 0 Å². The van der Waals surface area contributed by atoms with E-state index in [0.29, 0.717) is 18.5 Å². The van der Waals surface area contributed by atoms with Gasteiger partial charge in [0.1, 0.15) is 0 Å². The van der Waals surface area contributed by atoms with E-state index >= 15 is 0 Å². The minimum atomic E-state index is 0.239. The summed E-state index contributed by atoms with van der Waals surface area (Å²) in [5.74, 6) is 0.632. The van der Waals surface area contributed by atoms with E-state index in [9.17, 15) is 4.79 Å². The summed E-state index contributed by atoms with van der Waals surface area (Å²) in [5, 5.41) is 0. The molecule has 1 saturated carbocycles. The zero-order valence-corrected chi connectivity index (χ0v) is 12.2. The van der Waals surface area contributed by atoms with Gasteiger partial charge >= 0.3 is 0 Å². The molecule has 0 aliphatic heterocycles. The zero-order chi connectivity index (χ0) is 13.4. The molecule has 2 N–H and O–H groups in total. The molecule has 0 spiro atoms. The Morgan fingerprint density at radius 2 is 2.06 bits per heavy atom. The molecule has 1 rings (SSSR count). The Morgan fingerprint density at radius 3 is 2.50 bits per heavy atom. The first-order valence-corrected chi connectivity index (χ1v) is 7.75. The molecule has 0 aromatic carbocycles. The summed E-state index contributed by atoms with van der Waals surface area (Å²) >= 11 is 0. The van der Waals surface area contributed by atoms with Gasteiger partial charge in [-0.1, -0.05) is 26.7 Å². The molecule has 0 aromatic heterocycles. The fourth-order valence-electron chi connectivity index (χ4n) is 2.62. The van der Waals surface area contributed by atoms with Gasteiger partial charge < -0.3 is 10.6 Å². The Balaban J connectivity index is 2.54. The van der Waals surface area contributed by atoms with E-state index in [2.05, 4.69) is 18.7 Å². The highest BCUT2D eigenvalue weighted by atomic mass is 16.2. The Labute approximate surface area is 112 Å². The van der Waals surface area contributed by atoms with Gasteiger partial charge in [0.25, 0.3) is 0 Å². The lowest BCUT2D eigenvalue weighted by atomic mass is 9.89. The number of unbranched alkanes of at least 4 members (excludes halogenated alkanes) is 1. The number of amides is 1. The van der Waals surface area contributed by atoms with Crippen LogP contribution in [0.1, 0.15) is 65.2 Å². The summed E-state index contributed by atoms with van der Waals surface area (Å²) in [6.07, 6.45) is 8.98. The average molecular weight is 254 g/mol. The maximum Gasteiger partial charge on any atom is 0.225 e. The molecule has 0 saturated heterocycles. The molecule has 18 heavy (non-hydrogen) atoms. The molecule has 1 aliphatic carbocycles. The molecule has 1 amide bonds.